The topological polar surface area (TPSA) is 113 Å². The van der Waals surface area contributed by atoms with Crippen molar-refractivity contribution in [1.29, 1.82) is 0 Å². The number of rotatable bonds is 5. The van der Waals surface area contributed by atoms with Crippen LogP contribution in [0, 0.1) is 0 Å². The van der Waals surface area contributed by atoms with Crippen molar-refractivity contribution in [3.63, 3.8) is 0 Å². The smallest absolute Gasteiger partial charge is 0.357 e. The van der Waals surface area contributed by atoms with Gasteiger partial charge in [-0.2, -0.15) is 10.2 Å². The van der Waals surface area contributed by atoms with Crippen LogP contribution in [0.25, 0.3) is 16.6 Å². The van der Waals surface area contributed by atoms with Gasteiger partial charge < -0.3 is 10.4 Å². The van der Waals surface area contributed by atoms with E-state index >= 15 is 0 Å². The third kappa shape index (κ3) is 3.23. The van der Waals surface area contributed by atoms with E-state index in [1.807, 2.05) is 43.5 Å². The summed E-state index contributed by atoms with van der Waals surface area (Å²) >= 11 is 0. The van der Waals surface area contributed by atoms with Gasteiger partial charge in [-0.15, -0.1) is 0 Å². The number of benzene rings is 2. The van der Waals surface area contributed by atoms with Gasteiger partial charge in [0.15, 0.2) is 5.69 Å². The lowest BCUT2D eigenvalue weighted by Crippen LogP contribution is -2.26. The molecular formula is C20H17N5O3. The summed E-state index contributed by atoms with van der Waals surface area (Å²) in [6.45, 7) is 1.89. The van der Waals surface area contributed by atoms with E-state index in [-0.39, 0.29) is 17.6 Å². The third-order valence-electron chi connectivity index (χ3n) is 4.51. The molecule has 0 fully saturated rings. The van der Waals surface area contributed by atoms with Crippen molar-refractivity contribution in [2.75, 3.05) is 0 Å². The number of nitrogens with one attached hydrogen (secondary N) is 2. The molecule has 4 rings (SSSR count). The van der Waals surface area contributed by atoms with Gasteiger partial charge in [0.2, 0.25) is 0 Å². The third-order valence-corrected chi connectivity index (χ3v) is 4.51. The van der Waals surface area contributed by atoms with Gasteiger partial charge in [0.1, 0.15) is 0 Å². The van der Waals surface area contributed by atoms with E-state index in [0.29, 0.717) is 16.5 Å². The molecule has 1 unspecified atom stereocenters. The summed E-state index contributed by atoms with van der Waals surface area (Å²) in [6, 6.07) is 14.1. The minimum atomic E-state index is -1.15. The summed E-state index contributed by atoms with van der Waals surface area (Å²) < 4.78 is 1.75. The molecule has 0 saturated heterocycles. The molecule has 0 radical (unpaired) electrons. The number of carbonyl (C=O) groups is 2. The molecule has 0 aliphatic carbocycles. The molecule has 4 aromatic rings. The highest BCUT2D eigenvalue weighted by Crippen LogP contribution is 2.20. The Bertz CT molecular complexity index is 1160. The summed E-state index contributed by atoms with van der Waals surface area (Å²) in [7, 11) is 0. The highest BCUT2D eigenvalue weighted by molar-refractivity contribution is 6.04. The molecule has 0 aliphatic rings. The molecule has 3 N–H and O–H groups in total. The van der Waals surface area contributed by atoms with Gasteiger partial charge in [-0.1, -0.05) is 12.1 Å². The fourth-order valence-corrected chi connectivity index (χ4v) is 3.04. The highest BCUT2D eigenvalue weighted by atomic mass is 16.4. The first-order valence-electron chi connectivity index (χ1n) is 8.65. The lowest BCUT2D eigenvalue weighted by Gasteiger charge is -2.15. The molecule has 140 valence electrons. The summed E-state index contributed by atoms with van der Waals surface area (Å²) in [4.78, 5) is 23.9. The predicted octanol–water partition coefficient (Wildman–Crippen LogP) is 2.94. The number of nitrogens with zero attached hydrogens (tertiary/aromatic N) is 3. The molecule has 0 saturated carbocycles. The maximum absolute atomic E-state index is 12.7. The normalized spacial score (nSPS) is 12.0. The van der Waals surface area contributed by atoms with Gasteiger partial charge in [0, 0.05) is 23.3 Å². The molecule has 28 heavy (non-hydrogen) atoms. The first-order valence-corrected chi connectivity index (χ1v) is 8.65. The van der Waals surface area contributed by atoms with Crippen LogP contribution in [0.2, 0.25) is 0 Å². The van der Waals surface area contributed by atoms with Gasteiger partial charge in [0.05, 0.1) is 17.2 Å². The van der Waals surface area contributed by atoms with Gasteiger partial charge >= 0.3 is 5.97 Å². The van der Waals surface area contributed by atoms with Crippen molar-refractivity contribution in [1.82, 2.24) is 25.3 Å². The van der Waals surface area contributed by atoms with E-state index in [0.717, 1.165) is 11.3 Å². The largest absolute Gasteiger partial charge is 0.476 e. The molecule has 2 aromatic heterocycles. The first-order chi connectivity index (χ1) is 13.5. The number of aromatic nitrogens is 4. The van der Waals surface area contributed by atoms with Crippen LogP contribution in [0.3, 0.4) is 0 Å². The lowest BCUT2D eigenvalue weighted by molar-refractivity contribution is 0.0692. The van der Waals surface area contributed by atoms with E-state index in [9.17, 15) is 14.7 Å². The average molecular weight is 375 g/mol. The SMILES string of the molecule is CC(NC(=O)c1ccc2[nH]nc(C(=O)O)c2c1)c1cccc(-n2cccn2)c1. The van der Waals surface area contributed by atoms with Crippen LogP contribution in [-0.4, -0.2) is 37.0 Å². The Morgan fingerprint density at radius 3 is 2.79 bits per heavy atom. The van der Waals surface area contributed by atoms with E-state index in [4.69, 9.17) is 0 Å². The number of carboxylic acid groups (broad SMARTS) is 1. The number of amides is 1. The second-order valence-corrected chi connectivity index (χ2v) is 6.38. The molecule has 8 heteroatoms. The maximum atomic E-state index is 12.7. The Hall–Kier alpha value is -3.94. The molecule has 1 atom stereocenters. The number of hydrogen-bond donors (Lipinski definition) is 3. The van der Waals surface area contributed by atoms with Crippen molar-refractivity contribution < 1.29 is 14.7 Å². The van der Waals surface area contributed by atoms with E-state index < -0.39 is 5.97 Å². The zero-order chi connectivity index (χ0) is 19.7. The zero-order valence-electron chi connectivity index (χ0n) is 15.0. The fraction of sp³-hybridized carbons (Fsp3) is 0.100. The van der Waals surface area contributed by atoms with Crippen LogP contribution >= 0.6 is 0 Å². The minimum Gasteiger partial charge on any atom is -0.476 e. The Kier molecular flexibility index (Phi) is 4.36. The highest BCUT2D eigenvalue weighted by Gasteiger charge is 2.17. The van der Waals surface area contributed by atoms with Crippen molar-refractivity contribution >= 4 is 22.8 Å². The van der Waals surface area contributed by atoms with Gasteiger partial charge in [0.25, 0.3) is 5.91 Å². The Balaban J connectivity index is 1.56. The van der Waals surface area contributed by atoms with E-state index in [1.54, 1.807) is 23.0 Å². The number of fused-ring (bicyclic) bond motifs is 1. The summed E-state index contributed by atoms with van der Waals surface area (Å²) in [5.41, 5.74) is 2.65. The molecule has 2 heterocycles. The second kappa shape index (κ2) is 6.99. The van der Waals surface area contributed by atoms with Gasteiger partial charge in [-0.3, -0.25) is 9.89 Å². The standard InChI is InChI=1S/C20H17N5O3/c1-12(13-4-2-5-15(10-13)25-9-3-8-21-25)22-19(26)14-6-7-17-16(11-14)18(20(27)28)24-23-17/h2-12H,1H3,(H,22,26)(H,23,24)(H,27,28). The molecule has 2 aromatic carbocycles. The average Bonchev–Trinajstić information content (AvgIpc) is 3.37. The second-order valence-electron chi connectivity index (χ2n) is 6.38. The molecular weight excluding hydrogens is 358 g/mol. The quantitative estimate of drug-likeness (QED) is 0.496. The van der Waals surface area contributed by atoms with Crippen LogP contribution < -0.4 is 5.32 Å². The number of aromatic carboxylic acids is 1. The number of carboxylic acids is 1. The van der Waals surface area contributed by atoms with Crippen molar-refractivity contribution in [3.05, 3.63) is 77.7 Å². The number of aromatic amines is 1. The van der Waals surface area contributed by atoms with Crippen LogP contribution in [-0.2, 0) is 0 Å². The van der Waals surface area contributed by atoms with Crippen LogP contribution in [0.5, 0.6) is 0 Å². The Morgan fingerprint density at radius 2 is 2.04 bits per heavy atom. The Labute approximate surface area is 159 Å². The lowest BCUT2D eigenvalue weighted by atomic mass is 10.1. The molecule has 1 amide bonds. The van der Waals surface area contributed by atoms with E-state index in [1.165, 1.54) is 6.07 Å². The van der Waals surface area contributed by atoms with Gasteiger partial charge in [-0.25, -0.2) is 9.48 Å². The molecule has 0 spiro atoms. The monoisotopic (exact) mass is 375 g/mol. The molecule has 0 bridgehead atoms. The molecule has 8 nitrogen and oxygen atoms in total. The van der Waals surface area contributed by atoms with Crippen molar-refractivity contribution in [3.8, 4) is 5.69 Å². The summed E-state index contributed by atoms with van der Waals surface area (Å²) in [5, 5.41) is 23.2. The summed E-state index contributed by atoms with van der Waals surface area (Å²) in [5.74, 6) is -1.44. The zero-order valence-corrected chi connectivity index (χ0v) is 15.0. The number of hydrogen-bond acceptors (Lipinski definition) is 4. The maximum Gasteiger partial charge on any atom is 0.357 e. The minimum absolute atomic E-state index is 0.107. The molecule has 0 aliphatic heterocycles. The van der Waals surface area contributed by atoms with Gasteiger partial charge in [-0.05, 0) is 48.9 Å². The van der Waals surface area contributed by atoms with Crippen LogP contribution in [0.15, 0.2) is 60.9 Å². The fourth-order valence-electron chi connectivity index (χ4n) is 3.04. The summed E-state index contributed by atoms with van der Waals surface area (Å²) in [6.07, 6.45) is 3.55. The van der Waals surface area contributed by atoms with Crippen molar-refractivity contribution in [2.45, 2.75) is 13.0 Å². The predicted molar refractivity (Wildman–Crippen MR) is 102 cm³/mol. The number of carbonyl (C=O) groups excluding carboxylic acids is 1. The Morgan fingerprint density at radius 1 is 1.18 bits per heavy atom. The van der Waals surface area contributed by atoms with Crippen LogP contribution in [0.4, 0.5) is 0 Å². The van der Waals surface area contributed by atoms with Crippen molar-refractivity contribution in [2.24, 2.45) is 0 Å². The first kappa shape index (κ1) is 17.5. The van der Waals surface area contributed by atoms with E-state index in [2.05, 4.69) is 20.6 Å². The number of H-pyrrole nitrogens is 1. The van der Waals surface area contributed by atoms with Crippen LogP contribution in [0.1, 0.15) is 39.4 Å².